The van der Waals surface area contributed by atoms with E-state index in [0.717, 1.165) is 17.5 Å². The summed E-state index contributed by atoms with van der Waals surface area (Å²) < 4.78 is 107. The van der Waals surface area contributed by atoms with Gasteiger partial charge in [-0.3, -0.25) is 4.90 Å². The van der Waals surface area contributed by atoms with Gasteiger partial charge in [-0.1, -0.05) is 54.6 Å². The van der Waals surface area contributed by atoms with Crippen LogP contribution in [0.15, 0.2) is 84.9 Å². The lowest BCUT2D eigenvalue weighted by atomic mass is 9.75. The minimum atomic E-state index is -4.98. The van der Waals surface area contributed by atoms with Crippen LogP contribution < -0.4 is 0 Å². The molecule has 3 aromatic carbocycles. The van der Waals surface area contributed by atoms with E-state index in [1.54, 1.807) is 12.1 Å². The monoisotopic (exact) mass is 607 g/mol. The van der Waals surface area contributed by atoms with Gasteiger partial charge >= 0.3 is 12.4 Å². The first-order valence-electron chi connectivity index (χ1n) is 14.1. The molecule has 10 heteroatoms. The molecule has 0 saturated carbocycles. The predicted octanol–water partition coefficient (Wildman–Crippen LogP) is 8.92. The van der Waals surface area contributed by atoms with Gasteiger partial charge < -0.3 is 9.47 Å². The summed E-state index contributed by atoms with van der Waals surface area (Å²) in [7, 11) is 0. The lowest BCUT2D eigenvalue weighted by Crippen LogP contribution is -2.49. The van der Waals surface area contributed by atoms with Crippen LogP contribution in [0, 0.1) is 11.7 Å². The van der Waals surface area contributed by atoms with Crippen molar-refractivity contribution in [2.75, 3.05) is 13.2 Å². The maximum absolute atomic E-state index is 13.9. The van der Waals surface area contributed by atoms with Gasteiger partial charge in [-0.25, -0.2) is 4.39 Å². The lowest BCUT2D eigenvalue weighted by molar-refractivity contribution is -0.214. The molecule has 0 amide bonds. The van der Waals surface area contributed by atoms with Gasteiger partial charge in [-0.2, -0.15) is 26.3 Å². The van der Waals surface area contributed by atoms with Gasteiger partial charge in [0.25, 0.3) is 0 Å². The quantitative estimate of drug-likeness (QED) is 0.198. The molecule has 2 aliphatic heterocycles. The molecule has 43 heavy (non-hydrogen) atoms. The maximum atomic E-state index is 13.9. The molecular weight excluding hydrogens is 575 g/mol. The van der Waals surface area contributed by atoms with Crippen LogP contribution in [0.5, 0.6) is 0 Å². The summed E-state index contributed by atoms with van der Waals surface area (Å²) in [6.45, 7) is 3.10. The Labute approximate surface area is 245 Å². The number of nitrogens with zero attached hydrogens (tertiary/aromatic N) is 1. The van der Waals surface area contributed by atoms with Crippen LogP contribution in [0.2, 0.25) is 0 Å². The molecule has 0 aromatic heterocycles. The molecule has 5 rings (SSSR count). The van der Waals surface area contributed by atoms with Crippen molar-refractivity contribution in [1.29, 1.82) is 0 Å². The van der Waals surface area contributed by atoms with Crippen molar-refractivity contribution >= 4 is 0 Å². The van der Waals surface area contributed by atoms with E-state index in [1.807, 2.05) is 18.2 Å². The molecule has 3 aromatic rings. The summed E-state index contributed by atoms with van der Waals surface area (Å²) in [5.74, 6) is -0.949. The molecular formula is C33H32F7NO2. The second kappa shape index (κ2) is 12.8. The standard InChI is InChI=1S/C33H32F7NO2/c1-21(24-17-25(32(35,36)37)19-26(18-24)33(38,39)40)43-31-30(23-10-12-27(34)13-11-23)28(14-16-42-31)29-9-5-6-15-41(29)20-22-7-3-2-4-8-22/h2-8,10-13,17-19,21,28-31H,9,14-16,20H2,1H3. The van der Waals surface area contributed by atoms with E-state index in [4.69, 9.17) is 9.47 Å². The number of benzene rings is 3. The average Bonchev–Trinajstić information content (AvgIpc) is 2.97. The highest BCUT2D eigenvalue weighted by Crippen LogP contribution is 2.44. The van der Waals surface area contributed by atoms with E-state index in [9.17, 15) is 30.7 Å². The Morgan fingerprint density at radius 2 is 1.53 bits per heavy atom. The zero-order valence-corrected chi connectivity index (χ0v) is 23.4. The largest absolute Gasteiger partial charge is 0.416 e. The maximum Gasteiger partial charge on any atom is 0.416 e. The highest BCUT2D eigenvalue weighted by Gasteiger charge is 2.43. The van der Waals surface area contributed by atoms with Crippen molar-refractivity contribution < 1.29 is 40.2 Å². The Kier molecular flexibility index (Phi) is 9.29. The first-order chi connectivity index (χ1) is 20.4. The Morgan fingerprint density at radius 1 is 0.884 bits per heavy atom. The Hall–Kier alpha value is -3.21. The van der Waals surface area contributed by atoms with Crippen LogP contribution >= 0.6 is 0 Å². The Balaban J connectivity index is 1.47. The molecule has 0 bridgehead atoms. The number of alkyl halides is 6. The van der Waals surface area contributed by atoms with Crippen molar-refractivity contribution in [1.82, 2.24) is 4.90 Å². The van der Waals surface area contributed by atoms with Gasteiger partial charge in [0.15, 0.2) is 6.29 Å². The van der Waals surface area contributed by atoms with E-state index in [2.05, 4.69) is 29.2 Å². The summed E-state index contributed by atoms with van der Waals surface area (Å²) in [6, 6.07) is 17.4. The Bertz CT molecular complexity index is 1360. The molecule has 5 atom stereocenters. The van der Waals surface area contributed by atoms with Crippen molar-refractivity contribution in [3.8, 4) is 0 Å². The number of hydrogen-bond donors (Lipinski definition) is 0. The zero-order chi connectivity index (χ0) is 30.8. The molecule has 0 spiro atoms. The lowest BCUT2D eigenvalue weighted by Gasteiger charge is -2.46. The highest BCUT2D eigenvalue weighted by molar-refractivity contribution is 5.35. The summed E-state index contributed by atoms with van der Waals surface area (Å²) >= 11 is 0. The smallest absolute Gasteiger partial charge is 0.352 e. The molecule has 2 heterocycles. The fraction of sp³-hybridized carbons (Fsp3) is 0.394. The predicted molar refractivity (Wildman–Crippen MR) is 147 cm³/mol. The third-order valence-electron chi connectivity index (χ3n) is 8.24. The zero-order valence-electron chi connectivity index (χ0n) is 23.4. The van der Waals surface area contributed by atoms with Crippen LogP contribution in [-0.2, 0) is 28.4 Å². The summed E-state index contributed by atoms with van der Waals surface area (Å²) in [5, 5.41) is 0. The fourth-order valence-electron chi connectivity index (χ4n) is 6.12. The normalized spacial score (nSPS) is 24.2. The molecule has 1 saturated heterocycles. The third-order valence-corrected chi connectivity index (χ3v) is 8.24. The van der Waals surface area contributed by atoms with E-state index >= 15 is 0 Å². The molecule has 5 unspecified atom stereocenters. The fourth-order valence-corrected chi connectivity index (χ4v) is 6.12. The first-order valence-corrected chi connectivity index (χ1v) is 14.1. The summed E-state index contributed by atoms with van der Waals surface area (Å²) in [4.78, 5) is 2.35. The van der Waals surface area contributed by atoms with E-state index in [1.165, 1.54) is 19.1 Å². The third kappa shape index (κ3) is 7.48. The minimum Gasteiger partial charge on any atom is -0.352 e. The second-order valence-electron chi connectivity index (χ2n) is 11.1. The summed E-state index contributed by atoms with van der Waals surface area (Å²) in [5.41, 5.74) is -1.22. The van der Waals surface area contributed by atoms with Crippen molar-refractivity contribution in [3.63, 3.8) is 0 Å². The molecule has 1 fully saturated rings. The SMILES string of the molecule is CC(OC1OCCC(C2CC=CCN2Cc2ccccc2)C1c1ccc(F)cc1)c1cc(C(F)(F)F)cc(C(F)(F)F)c1. The number of rotatable bonds is 7. The van der Waals surface area contributed by atoms with Gasteiger partial charge in [0.2, 0.25) is 0 Å². The Morgan fingerprint density at radius 3 is 2.16 bits per heavy atom. The van der Waals surface area contributed by atoms with E-state index in [0.29, 0.717) is 31.6 Å². The topological polar surface area (TPSA) is 21.7 Å². The minimum absolute atomic E-state index is 0.0379. The molecule has 3 nitrogen and oxygen atoms in total. The molecule has 0 radical (unpaired) electrons. The molecule has 0 N–H and O–H groups in total. The summed E-state index contributed by atoms with van der Waals surface area (Å²) in [6.07, 6.45) is -6.52. The number of hydrogen-bond acceptors (Lipinski definition) is 3. The van der Waals surface area contributed by atoms with Gasteiger partial charge in [0.05, 0.1) is 23.8 Å². The van der Waals surface area contributed by atoms with Crippen LogP contribution in [0.1, 0.15) is 59.6 Å². The van der Waals surface area contributed by atoms with Gasteiger partial charge in [0.1, 0.15) is 5.82 Å². The average molecular weight is 608 g/mol. The molecule has 2 aliphatic rings. The number of ether oxygens (including phenoxy) is 2. The second-order valence-corrected chi connectivity index (χ2v) is 11.1. The van der Waals surface area contributed by atoms with Crippen LogP contribution in [0.25, 0.3) is 0 Å². The molecule has 0 aliphatic carbocycles. The van der Waals surface area contributed by atoms with Gasteiger partial charge in [0, 0.05) is 25.0 Å². The van der Waals surface area contributed by atoms with Crippen molar-refractivity contribution in [3.05, 3.63) is 119 Å². The molecule has 230 valence electrons. The number of halogens is 7. The van der Waals surface area contributed by atoms with E-state index in [-0.39, 0.29) is 30.2 Å². The van der Waals surface area contributed by atoms with Gasteiger partial charge in [-0.05, 0) is 72.7 Å². The van der Waals surface area contributed by atoms with Crippen LogP contribution in [0.4, 0.5) is 30.7 Å². The van der Waals surface area contributed by atoms with Crippen molar-refractivity contribution in [2.45, 2.75) is 63.0 Å². The first kappa shape index (κ1) is 31.2. The van der Waals surface area contributed by atoms with Gasteiger partial charge in [-0.15, -0.1) is 0 Å². The van der Waals surface area contributed by atoms with E-state index < -0.39 is 47.6 Å². The van der Waals surface area contributed by atoms with Crippen LogP contribution in [0.3, 0.4) is 0 Å². The van der Waals surface area contributed by atoms with Crippen molar-refractivity contribution in [2.24, 2.45) is 5.92 Å². The van der Waals surface area contributed by atoms with Crippen LogP contribution in [-0.4, -0.2) is 30.4 Å². The highest BCUT2D eigenvalue weighted by atomic mass is 19.4.